The van der Waals surface area contributed by atoms with Gasteiger partial charge in [0.05, 0.1) is 11.9 Å². The molecule has 0 fully saturated rings. The summed E-state index contributed by atoms with van der Waals surface area (Å²) in [5, 5.41) is 3.04. The molecule has 0 heterocycles. The fourth-order valence-corrected chi connectivity index (χ4v) is 5.48. The molecule has 0 bridgehead atoms. The molecule has 0 saturated carbocycles. The summed E-state index contributed by atoms with van der Waals surface area (Å²) in [6, 6.07) is 21.9. The summed E-state index contributed by atoms with van der Waals surface area (Å²) in [5.41, 5.74) is 4.47. The van der Waals surface area contributed by atoms with Crippen molar-refractivity contribution >= 4 is 27.5 Å². The standard InChI is InChI=1S/C32H41N3O4S/c1-23-13-16-27(17-14-23)21-34(29(31(37)33-32(4,5)6)20-26-11-9-8-10-12-26)30(36)22-35(40(7,38)39)28-18-15-24(2)19-25(28)3/h8-19,29H,20-22H2,1-7H3,(H,33,37)/t29-/m1/s1. The van der Waals surface area contributed by atoms with Crippen molar-refractivity contribution in [2.24, 2.45) is 0 Å². The van der Waals surface area contributed by atoms with Crippen molar-refractivity contribution in [3.8, 4) is 0 Å². The second kappa shape index (κ2) is 12.7. The van der Waals surface area contributed by atoms with Gasteiger partial charge >= 0.3 is 0 Å². The Morgan fingerprint density at radius 1 is 0.850 bits per heavy atom. The van der Waals surface area contributed by atoms with Gasteiger partial charge in [-0.15, -0.1) is 0 Å². The first-order valence-corrected chi connectivity index (χ1v) is 15.2. The van der Waals surface area contributed by atoms with Gasteiger partial charge in [0.2, 0.25) is 21.8 Å². The van der Waals surface area contributed by atoms with Crippen LogP contribution in [0.25, 0.3) is 0 Å². The monoisotopic (exact) mass is 563 g/mol. The molecule has 8 heteroatoms. The molecule has 0 radical (unpaired) electrons. The highest BCUT2D eigenvalue weighted by Gasteiger charge is 2.34. The molecule has 0 saturated heterocycles. The van der Waals surface area contributed by atoms with E-state index in [1.807, 2.05) is 108 Å². The average Bonchev–Trinajstić information content (AvgIpc) is 2.85. The van der Waals surface area contributed by atoms with Crippen LogP contribution in [0.5, 0.6) is 0 Å². The number of amides is 2. The minimum absolute atomic E-state index is 0.151. The van der Waals surface area contributed by atoms with Crippen LogP contribution in [0.1, 0.15) is 48.6 Å². The zero-order valence-electron chi connectivity index (χ0n) is 24.6. The molecular weight excluding hydrogens is 522 g/mol. The van der Waals surface area contributed by atoms with Gasteiger partial charge in [0.25, 0.3) is 0 Å². The maximum Gasteiger partial charge on any atom is 0.244 e. The number of hydrogen-bond acceptors (Lipinski definition) is 4. The molecular formula is C32H41N3O4S. The Morgan fingerprint density at radius 2 is 1.45 bits per heavy atom. The third-order valence-corrected chi connectivity index (χ3v) is 7.67. The highest BCUT2D eigenvalue weighted by Crippen LogP contribution is 2.25. The Hall–Kier alpha value is -3.65. The SMILES string of the molecule is Cc1ccc(CN(C(=O)CN(c2ccc(C)cc2C)S(C)(=O)=O)[C@H](Cc2ccccc2)C(=O)NC(C)(C)C)cc1. The highest BCUT2D eigenvalue weighted by atomic mass is 32.2. The zero-order valence-corrected chi connectivity index (χ0v) is 25.4. The first-order chi connectivity index (χ1) is 18.6. The van der Waals surface area contributed by atoms with Crippen molar-refractivity contribution in [1.82, 2.24) is 10.2 Å². The number of aryl methyl sites for hydroxylation is 3. The van der Waals surface area contributed by atoms with E-state index in [0.717, 1.165) is 38.4 Å². The molecule has 214 valence electrons. The predicted octanol–water partition coefficient (Wildman–Crippen LogP) is 4.93. The fraction of sp³-hybridized carbons (Fsp3) is 0.375. The van der Waals surface area contributed by atoms with E-state index in [4.69, 9.17) is 0 Å². The number of anilines is 1. The Kier molecular flexibility index (Phi) is 9.79. The van der Waals surface area contributed by atoms with Gasteiger partial charge in [-0.25, -0.2) is 8.42 Å². The lowest BCUT2D eigenvalue weighted by Crippen LogP contribution is -2.56. The van der Waals surface area contributed by atoms with Crippen LogP contribution < -0.4 is 9.62 Å². The molecule has 0 unspecified atom stereocenters. The van der Waals surface area contributed by atoms with E-state index in [1.165, 1.54) is 4.90 Å². The van der Waals surface area contributed by atoms with Crippen LogP contribution in [0.2, 0.25) is 0 Å². The topological polar surface area (TPSA) is 86.8 Å². The van der Waals surface area contributed by atoms with Crippen LogP contribution in [0.3, 0.4) is 0 Å². The molecule has 3 aromatic carbocycles. The molecule has 1 N–H and O–H groups in total. The van der Waals surface area contributed by atoms with Crippen molar-refractivity contribution in [3.05, 3.63) is 101 Å². The first-order valence-electron chi connectivity index (χ1n) is 13.4. The Labute approximate surface area is 239 Å². The van der Waals surface area contributed by atoms with Gasteiger partial charge in [0.1, 0.15) is 12.6 Å². The van der Waals surface area contributed by atoms with E-state index in [9.17, 15) is 18.0 Å². The minimum atomic E-state index is -3.81. The molecule has 2 amide bonds. The van der Waals surface area contributed by atoms with E-state index in [-0.39, 0.29) is 18.9 Å². The van der Waals surface area contributed by atoms with Crippen molar-refractivity contribution in [3.63, 3.8) is 0 Å². The lowest BCUT2D eigenvalue weighted by molar-refractivity contribution is -0.140. The summed E-state index contributed by atoms with van der Waals surface area (Å²) >= 11 is 0. The Bertz CT molecular complexity index is 1430. The molecule has 0 aliphatic rings. The van der Waals surface area contributed by atoms with Crippen molar-refractivity contribution in [2.75, 3.05) is 17.1 Å². The molecule has 7 nitrogen and oxygen atoms in total. The number of nitrogens with zero attached hydrogens (tertiary/aromatic N) is 2. The number of benzene rings is 3. The summed E-state index contributed by atoms with van der Waals surface area (Å²) in [4.78, 5) is 29.4. The number of nitrogens with one attached hydrogen (secondary N) is 1. The van der Waals surface area contributed by atoms with Crippen molar-refractivity contribution < 1.29 is 18.0 Å². The van der Waals surface area contributed by atoms with Gasteiger partial charge in [-0.05, 0) is 64.3 Å². The number of sulfonamides is 1. The molecule has 0 spiro atoms. The van der Waals surface area contributed by atoms with E-state index in [0.29, 0.717) is 5.69 Å². The summed E-state index contributed by atoms with van der Waals surface area (Å²) in [7, 11) is -3.81. The summed E-state index contributed by atoms with van der Waals surface area (Å²) in [5.74, 6) is -0.759. The van der Waals surface area contributed by atoms with Gasteiger partial charge in [-0.1, -0.05) is 77.9 Å². The summed E-state index contributed by atoms with van der Waals surface area (Å²) in [6.07, 6.45) is 1.38. The summed E-state index contributed by atoms with van der Waals surface area (Å²) in [6.45, 7) is 11.1. The first kappa shape index (κ1) is 30.9. The second-order valence-corrected chi connectivity index (χ2v) is 13.4. The van der Waals surface area contributed by atoms with Crippen LogP contribution in [-0.2, 0) is 32.6 Å². The molecule has 3 rings (SSSR count). The average molecular weight is 564 g/mol. The number of carbonyl (C=O) groups excluding carboxylic acids is 2. The quantitative estimate of drug-likeness (QED) is 0.379. The molecule has 0 aromatic heterocycles. The Morgan fingerprint density at radius 3 is 2.00 bits per heavy atom. The van der Waals surface area contributed by atoms with Crippen LogP contribution in [0.4, 0.5) is 5.69 Å². The third kappa shape index (κ3) is 8.68. The highest BCUT2D eigenvalue weighted by molar-refractivity contribution is 7.92. The number of hydrogen-bond donors (Lipinski definition) is 1. The van der Waals surface area contributed by atoms with Crippen LogP contribution in [0.15, 0.2) is 72.8 Å². The van der Waals surface area contributed by atoms with Gasteiger partial charge in [0, 0.05) is 18.5 Å². The molecule has 3 aromatic rings. The zero-order chi connectivity index (χ0) is 29.7. The number of rotatable bonds is 10. The maximum atomic E-state index is 14.2. The fourth-order valence-electron chi connectivity index (χ4n) is 4.58. The summed E-state index contributed by atoms with van der Waals surface area (Å²) < 4.78 is 27.1. The van der Waals surface area contributed by atoms with Gasteiger partial charge in [-0.3, -0.25) is 13.9 Å². The largest absolute Gasteiger partial charge is 0.350 e. The van der Waals surface area contributed by atoms with E-state index in [1.54, 1.807) is 6.07 Å². The maximum absolute atomic E-state index is 14.2. The van der Waals surface area contributed by atoms with Gasteiger partial charge < -0.3 is 10.2 Å². The smallest absolute Gasteiger partial charge is 0.244 e. The number of carbonyl (C=O) groups is 2. The molecule has 40 heavy (non-hydrogen) atoms. The third-order valence-electron chi connectivity index (χ3n) is 6.54. The normalized spacial score (nSPS) is 12.5. The van der Waals surface area contributed by atoms with Crippen LogP contribution >= 0.6 is 0 Å². The molecule has 0 aliphatic carbocycles. The van der Waals surface area contributed by atoms with E-state index < -0.39 is 34.1 Å². The van der Waals surface area contributed by atoms with Crippen LogP contribution in [0, 0.1) is 20.8 Å². The van der Waals surface area contributed by atoms with Gasteiger partial charge in [0.15, 0.2) is 0 Å². The molecule has 0 aliphatic heterocycles. The van der Waals surface area contributed by atoms with E-state index >= 15 is 0 Å². The second-order valence-electron chi connectivity index (χ2n) is 11.5. The van der Waals surface area contributed by atoms with Crippen LogP contribution in [-0.4, -0.2) is 49.5 Å². The van der Waals surface area contributed by atoms with Gasteiger partial charge in [-0.2, -0.15) is 0 Å². The van der Waals surface area contributed by atoms with Crippen molar-refractivity contribution in [1.29, 1.82) is 0 Å². The predicted molar refractivity (Wildman–Crippen MR) is 162 cm³/mol. The van der Waals surface area contributed by atoms with E-state index in [2.05, 4.69) is 5.32 Å². The lowest BCUT2D eigenvalue weighted by atomic mass is 10.0. The van der Waals surface area contributed by atoms with Crippen molar-refractivity contribution in [2.45, 2.75) is 66.1 Å². The Balaban J connectivity index is 2.09. The molecule has 1 atom stereocenters. The lowest BCUT2D eigenvalue weighted by Gasteiger charge is -2.35. The minimum Gasteiger partial charge on any atom is -0.350 e.